The molecule has 0 atom stereocenters. The minimum Gasteiger partial charge on any atom is -0.242 e. The van der Waals surface area contributed by atoms with Crippen LogP contribution in [0.2, 0.25) is 0 Å². The second-order valence-corrected chi connectivity index (χ2v) is 3.15. The van der Waals surface area contributed by atoms with Crippen LogP contribution in [0.3, 0.4) is 0 Å². The van der Waals surface area contributed by atoms with Crippen molar-refractivity contribution < 1.29 is 0 Å². The molecule has 2 heteroatoms. The second kappa shape index (κ2) is 3.33. The van der Waals surface area contributed by atoms with E-state index in [9.17, 15) is 0 Å². The van der Waals surface area contributed by atoms with Crippen LogP contribution in [0.25, 0.3) is 0 Å². The average Bonchev–Trinajstić information content (AvgIpc) is 2.06. The number of hydrogen-bond acceptors (Lipinski definition) is 2. The smallest absolute Gasteiger partial charge is 0.0909 e. The molecular weight excluding hydrogens is 148 g/mol. The van der Waals surface area contributed by atoms with Crippen molar-refractivity contribution in [3.8, 4) is 0 Å². The van der Waals surface area contributed by atoms with E-state index < -0.39 is 0 Å². The van der Waals surface area contributed by atoms with E-state index in [-0.39, 0.29) is 5.54 Å². The Hall–Kier alpha value is -1.40. The number of nitrogens with one attached hydrogen (secondary N) is 1. The molecule has 0 spiro atoms. The quantitative estimate of drug-likeness (QED) is 0.646. The van der Waals surface area contributed by atoms with Crippen molar-refractivity contribution in [1.82, 2.24) is 0 Å². The Morgan fingerprint density at radius 2 is 1.83 bits per heavy atom. The van der Waals surface area contributed by atoms with Gasteiger partial charge >= 0.3 is 0 Å². The van der Waals surface area contributed by atoms with Gasteiger partial charge in [-0.3, -0.25) is 0 Å². The zero-order valence-electron chi connectivity index (χ0n) is 7.33. The van der Waals surface area contributed by atoms with E-state index in [4.69, 9.17) is 5.41 Å². The summed E-state index contributed by atoms with van der Waals surface area (Å²) >= 11 is 0. The molecular formula is C10H12N2. The Kier molecular flexibility index (Phi) is 2.41. The molecule has 1 N–H and O–H groups in total. The minimum absolute atomic E-state index is 0.330. The van der Waals surface area contributed by atoms with Gasteiger partial charge in [0.25, 0.3) is 0 Å². The number of rotatable bonds is 2. The van der Waals surface area contributed by atoms with Crippen molar-refractivity contribution in [3.63, 3.8) is 0 Å². The van der Waals surface area contributed by atoms with Crippen LogP contribution < -0.4 is 0 Å². The predicted octanol–water partition coefficient (Wildman–Crippen LogP) is 2.67. The standard InChI is InChI=1S/C10H12N2/c1-10(2,12-8-11)9-6-4-3-5-7-9/h3-7,11H,1-2H3. The van der Waals surface area contributed by atoms with E-state index in [1.807, 2.05) is 44.2 Å². The maximum absolute atomic E-state index is 6.79. The molecule has 0 bridgehead atoms. The third kappa shape index (κ3) is 1.80. The van der Waals surface area contributed by atoms with Gasteiger partial charge in [-0.15, -0.1) is 0 Å². The lowest BCUT2D eigenvalue weighted by molar-refractivity contribution is 0.561. The van der Waals surface area contributed by atoms with Crippen LogP contribution in [0.1, 0.15) is 19.4 Å². The molecule has 62 valence electrons. The van der Waals surface area contributed by atoms with Gasteiger partial charge in [0.15, 0.2) is 0 Å². The maximum atomic E-state index is 6.79. The topological polar surface area (TPSA) is 36.2 Å². The fraction of sp³-hybridized carbons (Fsp3) is 0.300. The number of aliphatic imine (C=N–C) groups is 1. The lowest BCUT2D eigenvalue weighted by atomic mass is 9.95. The molecule has 0 amide bonds. The predicted molar refractivity (Wildman–Crippen MR) is 49.6 cm³/mol. The first-order valence-corrected chi connectivity index (χ1v) is 3.86. The molecule has 0 aromatic heterocycles. The minimum atomic E-state index is -0.330. The summed E-state index contributed by atoms with van der Waals surface area (Å²) in [4.78, 5) is 3.94. The van der Waals surface area contributed by atoms with Crippen LogP contribution in [-0.4, -0.2) is 6.01 Å². The first kappa shape index (κ1) is 8.69. The molecule has 1 aromatic carbocycles. The van der Waals surface area contributed by atoms with E-state index in [0.29, 0.717) is 0 Å². The van der Waals surface area contributed by atoms with Gasteiger partial charge in [0.1, 0.15) is 0 Å². The van der Waals surface area contributed by atoms with Crippen molar-refractivity contribution in [2.24, 2.45) is 4.99 Å². The molecule has 0 saturated carbocycles. The highest BCUT2D eigenvalue weighted by Gasteiger charge is 2.17. The molecule has 0 unspecified atom stereocenters. The van der Waals surface area contributed by atoms with Crippen molar-refractivity contribution in [3.05, 3.63) is 35.9 Å². The lowest BCUT2D eigenvalue weighted by Crippen LogP contribution is -2.12. The van der Waals surface area contributed by atoms with Crippen molar-refractivity contribution in [2.75, 3.05) is 0 Å². The number of hydrogen-bond donors (Lipinski definition) is 1. The summed E-state index contributed by atoms with van der Waals surface area (Å²) < 4.78 is 0. The Morgan fingerprint density at radius 1 is 1.25 bits per heavy atom. The number of nitrogens with zero attached hydrogens (tertiary/aromatic N) is 1. The van der Waals surface area contributed by atoms with Gasteiger partial charge in [-0.25, -0.2) is 10.4 Å². The highest BCUT2D eigenvalue weighted by Crippen LogP contribution is 2.23. The van der Waals surface area contributed by atoms with E-state index in [1.54, 1.807) is 0 Å². The summed E-state index contributed by atoms with van der Waals surface area (Å²) in [5.41, 5.74) is 0.771. The largest absolute Gasteiger partial charge is 0.242 e. The highest BCUT2D eigenvalue weighted by atomic mass is 14.8. The van der Waals surface area contributed by atoms with Gasteiger partial charge in [-0.2, -0.15) is 0 Å². The van der Waals surface area contributed by atoms with Crippen molar-refractivity contribution >= 4 is 6.01 Å². The summed E-state index contributed by atoms with van der Waals surface area (Å²) in [6, 6.07) is 12.0. The maximum Gasteiger partial charge on any atom is 0.0909 e. The lowest BCUT2D eigenvalue weighted by Gasteiger charge is -2.17. The Labute approximate surface area is 72.5 Å². The van der Waals surface area contributed by atoms with Crippen LogP contribution in [0.15, 0.2) is 35.3 Å². The fourth-order valence-electron chi connectivity index (χ4n) is 1.05. The normalized spacial score (nSPS) is 10.5. The number of benzene rings is 1. The molecule has 0 saturated heterocycles. The van der Waals surface area contributed by atoms with E-state index in [2.05, 4.69) is 11.0 Å². The van der Waals surface area contributed by atoms with Crippen LogP contribution in [0, 0.1) is 5.41 Å². The van der Waals surface area contributed by atoms with Crippen LogP contribution in [0.4, 0.5) is 0 Å². The van der Waals surface area contributed by atoms with Gasteiger partial charge in [-0.1, -0.05) is 30.3 Å². The first-order valence-electron chi connectivity index (χ1n) is 3.86. The van der Waals surface area contributed by atoms with Gasteiger partial charge in [0.2, 0.25) is 0 Å². The first-order chi connectivity index (χ1) is 5.67. The van der Waals surface area contributed by atoms with Crippen LogP contribution in [0.5, 0.6) is 0 Å². The van der Waals surface area contributed by atoms with Gasteiger partial charge in [0.05, 0.1) is 11.5 Å². The fourth-order valence-corrected chi connectivity index (χ4v) is 1.05. The summed E-state index contributed by atoms with van der Waals surface area (Å²) in [6.45, 7) is 3.92. The molecule has 1 aromatic rings. The van der Waals surface area contributed by atoms with E-state index in [0.717, 1.165) is 5.56 Å². The van der Waals surface area contributed by atoms with E-state index in [1.165, 1.54) is 0 Å². The Bertz CT molecular complexity index is 295. The Balaban J connectivity index is 3.05. The molecule has 0 aliphatic rings. The zero-order chi connectivity index (χ0) is 9.03. The van der Waals surface area contributed by atoms with Crippen molar-refractivity contribution in [1.29, 1.82) is 5.41 Å². The SMILES string of the molecule is CC(C)(N=C=N)c1ccccc1. The average molecular weight is 160 g/mol. The molecule has 1 rings (SSSR count). The monoisotopic (exact) mass is 160 g/mol. The second-order valence-electron chi connectivity index (χ2n) is 3.15. The summed E-state index contributed by atoms with van der Waals surface area (Å²) in [7, 11) is 0. The molecule has 0 fully saturated rings. The van der Waals surface area contributed by atoms with Gasteiger partial charge in [-0.05, 0) is 19.4 Å². The van der Waals surface area contributed by atoms with Crippen LogP contribution >= 0.6 is 0 Å². The summed E-state index contributed by atoms with van der Waals surface area (Å²) in [6.07, 6.45) is 0. The summed E-state index contributed by atoms with van der Waals surface area (Å²) in [5.74, 6) is 0. The summed E-state index contributed by atoms with van der Waals surface area (Å²) in [5, 5.41) is 6.79. The third-order valence-electron chi connectivity index (χ3n) is 1.82. The van der Waals surface area contributed by atoms with Crippen molar-refractivity contribution in [2.45, 2.75) is 19.4 Å². The van der Waals surface area contributed by atoms with Gasteiger partial charge < -0.3 is 0 Å². The molecule has 0 heterocycles. The zero-order valence-corrected chi connectivity index (χ0v) is 7.33. The Morgan fingerprint density at radius 3 is 2.33 bits per heavy atom. The van der Waals surface area contributed by atoms with E-state index >= 15 is 0 Å². The molecule has 12 heavy (non-hydrogen) atoms. The van der Waals surface area contributed by atoms with Crippen LogP contribution in [-0.2, 0) is 5.54 Å². The molecule has 0 aliphatic heterocycles. The highest BCUT2D eigenvalue weighted by molar-refractivity contribution is 5.39. The molecule has 0 radical (unpaired) electrons. The molecule has 2 nitrogen and oxygen atoms in total. The third-order valence-corrected chi connectivity index (χ3v) is 1.82. The van der Waals surface area contributed by atoms with Gasteiger partial charge in [0, 0.05) is 0 Å². The molecule has 0 aliphatic carbocycles.